The summed E-state index contributed by atoms with van der Waals surface area (Å²) in [5.74, 6) is -1.44. The molecule has 3 aromatic rings. The molecule has 3 N–H and O–H groups in total. The number of thiazole rings is 1. The third-order valence-corrected chi connectivity index (χ3v) is 5.62. The fraction of sp³-hybridized carbons (Fsp3) is 0.190. The molecule has 34 heavy (non-hydrogen) atoms. The number of carbonyl (C=O) groups excluding carboxylic acids is 2. The summed E-state index contributed by atoms with van der Waals surface area (Å²) in [5.41, 5.74) is 6.28. The van der Waals surface area contributed by atoms with Gasteiger partial charge >= 0.3 is 6.36 Å². The Bertz CT molecular complexity index is 1170. The first kappa shape index (κ1) is 25.6. The minimum Gasteiger partial charge on any atom is -0.484 e. The number of alkyl halides is 3. The molecule has 0 aliphatic rings. The number of nitrogens with zero attached hydrogens (tertiary/aromatic N) is 1. The van der Waals surface area contributed by atoms with E-state index in [1.807, 2.05) is 0 Å². The molecule has 13 heteroatoms. The maximum atomic E-state index is 12.2. The normalized spacial score (nSPS) is 11.2. The number of primary amides is 1. The Balaban J connectivity index is 1.56. The quantitative estimate of drug-likeness (QED) is 0.413. The number of nitrogens with one attached hydrogen (secondary N) is 1. The first-order valence-electron chi connectivity index (χ1n) is 9.47. The summed E-state index contributed by atoms with van der Waals surface area (Å²) in [4.78, 5) is 28.7. The minimum atomic E-state index is -4.80. The number of halogens is 5. The summed E-state index contributed by atoms with van der Waals surface area (Å²) in [6.45, 7) is -0.372. The lowest BCUT2D eigenvalue weighted by atomic mass is 10.1. The monoisotopic (exact) mass is 533 g/mol. The summed E-state index contributed by atoms with van der Waals surface area (Å²) in [7, 11) is 0. The van der Waals surface area contributed by atoms with Gasteiger partial charge in [-0.2, -0.15) is 0 Å². The van der Waals surface area contributed by atoms with E-state index in [9.17, 15) is 22.8 Å². The van der Waals surface area contributed by atoms with Crippen LogP contribution in [-0.2, 0) is 17.8 Å². The van der Waals surface area contributed by atoms with Crippen LogP contribution in [0, 0.1) is 0 Å². The van der Waals surface area contributed by atoms with Gasteiger partial charge in [0.2, 0.25) is 0 Å². The highest BCUT2D eigenvalue weighted by atomic mass is 35.5. The number of hydrogen-bond donors (Lipinski definition) is 2. The standard InChI is InChI=1S/C21H16Cl2F3N3O4S/c22-12-5-11(6-13(23)8-12)7-16-19(20(27)31)29-18(34-16)9-28-17(30)10-32-14-1-3-15(4-2-14)33-21(24,25)26/h1-6,8H,7,9-10H2,(H2,27,31)(H,28,30). The van der Waals surface area contributed by atoms with E-state index in [-0.39, 0.29) is 24.6 Å². The predicted octanol–water partition coefficient (Wildman–Crippen LogP) is 4.73. The molecule has 0 saturated heterocycles. The molecule has 2 amide bonds. The number of benzene rings is 2. The minimum absolute atomic E-state index is 0.0157. The van der Waals surface area contributed by atoms with Gasteiger partial charge in [-0.1, -0.05) is 23.2 Å². The van der Waals surface area contributed by atoms with Crippen molar-refractivity contribution in [3.8, 4) is 11.5 Å². The average Bonchev–Trinajstić information content (AvgIpc) is 3.13. The van der Waals surface area contributed by atoms with Crippen LogP contribution in [0.4, 0.5) is 13.2 Å². The van der Waals surface area contributed by atoms with Crippen molar-refractivity contribution in [3.63, 3.8) is 0 Å². The molecular weight excluding hydrogens is 518 g/mol. The summed E-state index contributed by atoms with van der Waals surface area (Å²) in [6, 6.07) is 9.61. The van der Waals surface area contributed by atoms with E-state index < -0.39 is 23.9 Å². The fourth-order valence-electron chi connectivity index (χ4n) is 2.80. The number of hydrogen-bond acceptors (Lipinski definition) is 6. The van der Waals surface area contributed by atoms with Crippen molar-refractivity contribution in [2.45, 2.75) is 19.3 Å². The van der Waals surface area contributed by atoms with Gasteiger partial charge < -0.3 is 20.5 Å². The maximum Gasteiger partial charge on any atom is 0.573 e. The summed E-state index contributed by atoms with van der Waals surface area (Å²) >= 11 is 13.2. The second-order valence-corrected chi connectivity index (χ2v) is 8.82. The van der Waals surface area contributed by atoms with Crippen LogP contribution in [0.5, 0.6) is 11.5 Å². The Morgan fingerprint density at radius 1 is 1.06 bits per heavy atom. The Kier molecular flexibility index (Phi) is 8.24. The van der Waals surface area contributed by atoms with Crippen LogP contribution in [0.25, 0.3) is 0 Å². The van der Waals surface area contributed by atoms with Crippen molar-refractivity contribution in [3.05, 3.63) is 73.7 Å². The molecular formula is C21H16Cl2F3N3O4S. The zero-order chi connectivity index (χ0) is 24.9. The largest absolute Gasteiger partial charge is 0.573 e. The van der Waals surface area contributed by atoms with Gasteiger partial charge in [-0.25, -0.2) is 4.98 Å². The first-order valence-corrected chi connectivity index (χ1v) is 11.0. The fourth-order valence-corrected chi connectivity index (χ4v) is 4.42. The molecule has 0 aliphatic heterocycles. The Labute approximate surface area is 205 Å². The summed E-state index contributed by atoms with van der Waals surface area (Å²) in [5, 5.41) is 3.93. The van der Waals surface area contributed by atoms with E-state index in [4.69, 9.17) is 33.7 Å². The van der Waals surface area contributed by atoms with Gasteiger partial charge in [-0.15, -0.1) is 24.5 Å². The summed E-state index contributed by atoms with van der Waals surface area (Å²) in [6.07, 6.45) is -4.48. The first-order chi connectivity index (χ1) is 16.0. The lowest BCUT2D eigenvalue weighted by molar-refractivity contribution is -0.274. The third kappa shape index (κ3) is 7.79. The third-order valence-electron chi connectivity index (χ3n) is 4.13. The van der Waals surface area contributed by atoms with Crippen LogP contribution in [0.3, 0.4) is 0 Å². The van der Waals surface area contributed by atoms with E-state index in [0.29, 0.717) is 26.4 Å². The zero-order valence-corrected chi connectivity index (χ0v) is 19.4. The van der Waals surface area contributed by atoms with Gasteiger partial charge in [0.1, 0.15) is 22.2 Å². The topological polar surface area (TPSA) is 104 Å². The SMILES string of the molecule is NC(=O)c1nc(CNC(=O)COc2ccc(OC(F)(F)F)cc2)sc1Cc1cc(Cl)cc(Cl)c1. The van der Waals surface area contributed by atoms with E-state index in [1.165, 1.54) is 23.5 Å². The molecule has 0 unspecified atom stereocenters. The molecule has 0 spiro atoms. The second kappa shape index (κ2) is 10.9. The molecule has 0 fully saturated rings. The van der Waals surface area contributed by atoms with Crippen molar-refractivity contribution in [1.29, 1.82) is 0 Å². The molecule has 180 valence electrons. The number of rotatable bonds is 9. The highest BCUT2D eigenvalue weighted by Gasteiger charge is 2.31. The number of nitrogens with two attached hydrogens (primary N) is 1. The molecule has 1 heterocycles. The van der Waals surface area contributed by atoms with Crippen LogP contribution in [0.2, 0.25) is 10.0 Å². The molecule has 0 bridgehead atoms. The number of carbonyl (C=O) groups is 2. The van der Waals surface area contributed by atoms with Gasteiger partial charge in [0.25, 0.3) is 11.8 Å². The Morgan fingerprint density at radius 2 is 1.68 bits per heavy atom. The molecule has 1 aromatic heterocycles. The lowest BCUT2D eigenvalue weighted by Crippen LogP contribution is -2.28. The van der Waals surface area contributed by atoms with E-state index in [1.54, 1.807) is 18.2 Å². The van der Waals surface area contributed by atoms with Gasteiger partial charge in [0.15, 0.2) is 6.61 Å². The zero-order valence-electron chi connectivity index (χ0n) is 17.1. The van der Waals surface area contributed by atoms with Crippen molar-refractivity contribution < 1.29 is 32.2 Å². The maximum absolute atomic E-state index is 12.2. The van der Waals surface area contributed by atoms with Crippen LogP contribution in [-0.4, -0.2) is 29.8 Å². The van der Waals surface area contributed by atoms with E-state index in [0.717, 1.165) is 17.7 Å². The number of ether oxygens (including phenoxy) is 2. The number of aromatic nitrogens is 1. The van der Waals surface area contributed by atoms with Crippen LogP contribution >= 0.6 is 34.5 Å². The molecule has 0 saturated carbocycles. The molecule has 0 aliphatic carbocycles. The van der Waals surface area contributed by atoms with Crippen molar-refractivity contribution in [2.24, 2.45) is 5.73 Å². The average molecular weight is 534 g/mol. The number of amides is 2. The van der Waals surface area contributed by atoms with Gasteiger partial charge in [0, 0.05) is 21.3 Å². The molecule has 2 aromatic carbocycles. The highest BCUT2D eigenvalue weighted by molar-refractivity contribution is 7.12. The molecule has 0 radical (unpaired) electrons. The van der Waals surface area contributed by atoms with Crippen molar-refractivity contribution >= 4 is 46.4 Å². The van der Waals surface area contributed by atoms with E-state index >= 15 is 0 Å². The molecule has 3 rings (SSSR count). The van der Waals surface area contributed by atoms with Crippen molar-refractivity contribution in [2.75, 3.05) is 6.61 Å². The Morgan fingerprint density at radius 3 is 2.26 bits per heavy atom. The van der Waals surface area contributed by atoms with Gasteiger partial charge in [-0.05, 0) is 48.0 Å². The van der Waals surface area contributed by atoms with E-state index in [2.05, 4.69) is 15.0 Å². The van der Waals surface area contributed by atoms with Crippen LogP contribution in [0.1, 0.15) is 25.9 Å². The highest BCUT2D eigenvalue weighted by Crippen LogP contribution is 2.26. The smallest absolute Gasteiger partial charge is 0.484 e. The molecule has 0 atom stereocenters. The predicted molar refractivity (Wildman–Crippen MR) is 120 cm³/mol. The molecule has 7 nitrogen and oxygen atoms in total. The van der Waals surface area contributed by atoms with Gasteiger partial charge in [-0.3, -0.25) is 9.59 Å². The van der Waals surface area contributed by atoms with Crippen molar-refractivity contribution in [1.82, 2.24) is 10.3 Å². The van der Waals surface area contributed by atoms with Crippen LogP contribution in [0.15, 0.2) is 42.5 Å². The lowest BCUT2D eigenvalue weighted by Gasteiger charge is -2.10. The summed E-state index contributed by atoms with van der Waals surface area (Å²) < 4.78 is 45.6. The Hall–Kier alpha value is -3.02. The van der Waals surface area contributed by atoms with Crippen LogP contribution < -0.4 is 20.5 Å². The second-order valence-electron chi connectivity index (χ2n) is 6.78. The van der Waals surface area contributed by atoms with Gasteiger partial charge in [0.05, 0.1) is 6.54 Å².